The molecule has 0 atom stereocenters. The number of H-pyrrole nitrogens is 1. The lowest BCUT2D eigenvalue weighted by Crippen LogP contribution is -2.08. The van der Waals surface area contributed by atoms with Crippen LogP contribution in [-0.4, -0.2) is 22.6 Å². The standard InChI is InChI=1S/C13H14N2O2S/c1-17-12(16)7-8-15-11(9-14-13(15)18)10-5-3-2-4-6-10/h2-6,9H,7-8H2,1H3,(H,14,18). The molecule has 1 aromatic heterocycles. The van der Waals surface area contributed by atoms with Crippen LogP contribution in [0.5, 0.6) is 0 Å². The molecule has 0 aliphatic carbocycles. The SMILES string of the molecule is COC(=O)CCn1c(-c2ccccc2)c[nH]c1=S. The van der Waals surface area contributed by atoms with E-state index in [1.807, 2.05) is 41.1 Å². The second-order valence-corrected chi connectivity index (χ2v) is 4.21. The summed E-state index contributed by atoms with van der Waals surface area (Å²) in [5.41, 5.74) is 2.04. The average Bonchev–Trinajstić information content (AvgIpc) is 2.78. The summed E-state index contributed by atoms with van der Waals surface area (Å²) in [6.07, 6.45) is 2.16. The lowest BCUT2D eigenvalue weighted by Gasteiger charge is -2.07. The van der Waals surface area contributed by atoms with Gasteiger partial charge in [0.25, 0.3) is 0 Å². The summed E-state index contributed by atoms with van der Waals surface area (Å²) in [6.45, 7) is 0.513. The predicted octanol–water partition coefficient (Wildman–Crippen LogP) is 2.78. The van der Waals surface area contributed by atoms with Crippen LogP contribution in [0.2, 0.25) is 0 Å². The fraction of sp³-hybridized carbons (Fsp3) is 0.231. The molecule has 2 aromatic rings. The molecule has 0 amide bonds. The molecule has 1 N–H and O–H groups in total. The zero-order valence-electron chi connectivity index (χ0n) is 10.1. The number of benzene rings is 1. The number of aromatic amines is 1. The van der Waals surface area contributed by atoms with Gasteiger partial charge in [-0.2, -0.15) is 0 Å². The number of aromatic nitrogens is 2. The summed E-state index contributed by atoms with van der Waals surface area (Å²) >= 11 is 5.22. The average molecular weight is 262 g/mol. The van der Waals surface area contributed by atoms with E-state index in [1.165, 1.54) is 7.11 Å². The van der Waals surface area contributed by atoms with Crippen LogP contribution in [0.3, 0.4) is 0 Å². The van der Waals surface area contributed by atoms with Crippen LogP contribution in [-0.2, 0) is 16.1 Å². The lowest BCUT2D eigenvalue weighted by atomic mass is 10.2. The van der Waals surface area contributed by atoms with E-state index in [2.05, 4.69) is 9.72 Å². The Morgan fingerprint density at radius 3 is 2.78 bits per heavy atom. The molecule has 0 aliphatic heterocycles. The Balaban J connectivity index is 2.28. The molecule has 1 heterocycles. The molecule has 0 spiro atoms. The van der Waals surface area contributed by atoms with Crippen LogP contribution in [0, 0.1) is 4.77 Å². The molecule has 18 heavy (non-hydrogen) atoms. The highest BCUT2D eigenvalue weighted by Gasteiger charge is 2.08. The number of imidazole rings is 1. The largest absolute Gasteiger partial charge is 0.469 e. The normalized spacial score (nSPS) is 10.3. The highest BCUT2D eigenvalue weighted by molar-refractivity contribution is 7.71. The van der Waals surface area contributed by atoms with E-state index in [9.17, 15) is 4.79 Å². The van der Waals surface area contributed by atoms with Gasteiger partial charge in [-0.3, -0.25) is 4.79 Å². The molecule has 0 saturated carbocycles. The number of rotatable bonds is 4. The number of nitrogens with one attached hydrogen (secondary N) is 1. The van der Waals surface area contributed by atoms with Crippen LogP contribution in [0.4, 0.5) is 0 Å². The Labute approximate surface area is 110 Å². The summed E-state index contributed by atoms with van der Waals surface area (Å²) in [6, 6.07) is 9.91. The van der Waals surface area contributed by atoms with Crippen LogP contribution in [0.15, 0.2) is 36.5 Å². The fourth-order valence-corrected chi connectivity index (χ4v) is 2.02. The molecule has 4 nitrogen and oxygen atoms in total. The van der Waals surface area contributed by atoms with Gasteiger partial charge in [0.15, 0.2) is 4.77 Å². The van der Waals surface area contributed by atoms with Gasteiger partial charge >= 0.3 is 5.97 Å². The molecule has 0 bridgehead atoms. The van der Waals surface area contributed by atoms with Gasteiger partial charge in [-0.05, 0) is 17.8 Å². The molecular formula is C13H14N2O2S. The topological polar surface area (TPSA) is 47.0 Å². The second kappa shape index (κ2) is 5.64. The summed E-state index contributed by atoms with van der Waals surface area (Å²) in [7, 11) is 1.39. The zero-order chi connectivity index (χ0) is 13.0. The van der Waals surface area contributed by atoms with E-state index in [0.717, 1.165) is 11.3 Å². The first-order valence-electron chi connectivity index (χ1n) is 5.63. The maximum atomic E-state index is 11.2. The van der Waals surface area contributed by atoms with Gasteiger partial charge in [-0.15, -0.1) is 0 Å². The number of hydrogen-bond acceptors (Lipinski definition) is 3. The Bertz CT molecular complexity index is 587. The third kappa shape index (κ3) is 2.68. The molecule has 2 rings (SSSR count). The molecule has 94 valence electrons. The first-order chi connectivity index (χ1) is 8.72. The Kier molecular flexibility index (Phi) is 3.94. The van der Waals surface area contributed by atoms with Crippen molar-refractivity contribution in [2.75, 3.05) is 7.11 Å². The number of ether oxygens (including phenoxy) is 1. The highest BCUT2D eigenvalue weighted by Crippen LogP contribution is 2.19. The van der Waals surface area contributed by atoms with Gasteiger partial charge in [0.05, 0.1) is 19.2 Å². The fourth-order valence-electron chi connectivity index (χ4n) is 1.77. The van der Waals surface area contributed by atoms with E-state index in [4.69, 9.17) is 12.2 Å². The predicted molar refractivity (Wildman–Crippen MR) is 71.7 cm³/mol. The molecule has 0 unspecified atom stereocenters. The zero-order valence-corrected chi connectivity index (χ0v) is 10.9. The third-order valence-electron chi connectivity index (χ3n) is 2.71. The van der Waals surface area contributed by atoms with Crippen molar-refractivity contribution >= 4 is 18.2 Å². The molecule has 0 fully saturated rings. The summed E-state index contributed by atoms with van der Waals surface area (Å²) in [5.74, 6) is -0.239. The number of carbonyl (C=O) groups excluding carboxylic acids is 1. The van der Waals surface area contributed by atoms with Crippen molar-refractivity contribution in [3.05, 3.63) is 41.3 Å². The van der Waals surface area contributed by atoms with Crippen molar-refractivity contribution in [1.29, 1.82) is 0 Å². The molecule has 0 saturated heterocycles. The number of nitrogens with zero attached hydrogens (tertiary/aromatic N) is 1. The van der Waals surface area contributed by atoms with Crippen molar-refractivity contribution in [3.63, 3.8) is 0 Å². The Hall–Kier alpha value is -1.88. The molecule has 0 radical (unpaired) electrons. The quantitative estimate of drug-likeness (QED) is 0.681. The summed E-state index contributed by atoms with van der Waals surface area (Å²) in [5, 5.41) is 0. The summed E-state index contributed by atoms with van der Waals surface area (Å²) < 4.78 is 7.15. The van der Waals surface area contributed by atoms with E-state index in [1.54, 1.807) is 0 Å². The van der Waals surface area contributed by atoms with Crippen molar-refractivity contribution in [1.82, 2.24) is 9.55 Å². The number of hydrogen-bond donors (Lipinski definition) is 1. The second-order valence-electron chi connectivity index (χ2n) is 3.82. The maximum Gasteiger partial charge on any atom is 0.307 e. The van der Waals surface area contributed by atoms with Gasteiger partial charge in [-0.25, -0.2) is 0 Å². The minimum atomic E-state index is -0.239. The van der Waals surface area contributed by atoms with E-state index >= 15 is 0 Å². The minimum Gasteiger partial charge on any atom is -0.469 e. The van der Waals surface area contributed by atoms with Crippen LogP contribution >= 0.6 is 12.2 Å². The smallest absolute Gasteiger partial charge is 0.307 e. The molecular weight excluding hydrogens is 248 g/mol. The van der Waals surface area contributed by atoms with Gasteiger partial charge in [0, 0.05) is 12.7 Å². The van der Waals surface area contributed by atoms with Gasteiger partial charge in [0.1, 0.15) is 0 Å². The highest BCUT2D eigenvalue weighted by atomic mass is 32.1. The first-order valence-corrected chi connectivity index (χ1v) is 6.03. The van der Waals surface area contributed by atoms with Gasteiger partial charge in [0.2, 0.25) is 0 Å². The Morgan fingerprint density at radius 2 is 2.11 bits per heavy atom. The van der Waals surface area contributed by atoms with Crippen molar-refractivity contribution in [3.8, 4) is 11.3 Å². The number of methoxy groups -OCH3 is 1. The van der Waals surface area contributed by atoms with Crippen LogP contribution < -0.4 is 0 Å². The van der Waals surface area contributed by atoms with Crippen LogP contribution in [0.25, 0.3) is 11.3 Å². The molecule has 5 heteroatoms. The van der Waals surface area contributed by atoms with Crippen LogP contribution in [0.1, 0.15) is 6.42 Å². The van der Waals surface area contributed by atoms with E-state index < -0.39 is 0 Å². The number of carbonyl (C=O) groups is 1. The third-order valence-corrected chi connectivity index (χ3v) is 3.04. The maximum absolute atomic E-state index is 11.2. The van der Waals surface area contributed by atoms with Crippen molar-refractivity contribution in [2.45, 2.75) is 13.0 Å². The van der Waals surface area contributed by atoms with E-state index in [0.29, 0.717) is 17.7 Å². The summed E-state index contributed by atoms with van der Waals surface area (Å²) in [4.78, 5) is 14.2. The lowest BCUT2D eigenvalue weighted by molar-refractivity contribution is -0.140. The Morgan fingerprint density at radius 1 is 1.39 bits per heavy atom. The molecule has 0 aliphatic rings. The van der Waals surface area contributed by atoms with Crippen molar-refractivity contribution < 1.29 is 9.53 Å². The van der Waals surface area contributed by atoms with Gasteiger partial charge < -0.3 is 14.3 Å². The van der Waals surface area contributed by atoms with E-state index in [-0.39, 0.29) is 5.97 Å². The van der Waals surface area contributed by atoms with Crippen molar-refractivity contribution in [2.24, 2.45) is 0 Å². The minimum absolute atomic E-state index is 0.239. The molecule has 1 aromatic carbocycles. The van der Waals surface area contributed by atoms with Gasteiger partial charge in [-0.1, -0.05) is 30.3 Å². The number of esters is 1. The first kappa shape index (κ1) is 12.6. The monoisotopic (exact) mass is 262 g/mol.